The Morgan fingerprint density at radius 3 is 2.31 bits per heavy atom. The lowest BCUT2D eigenvalue weighted by Gasteiger charge is -2.38. The molecule has 1 amide bonds. The summed E-state index contributed by atoms with van der Waals surface area (Å²) in [5, 5.41) is 0. The van der Waals surface area contributed by atoms with Gasteiger partial charge in [0.05, 0.1) is 0 Å². The van der Waals surface area contributed by atoms with Crippen LogP contribution in [-0.4, -0.2) is 41.6 Å². The van der Waals surface area contributed by atoms with E-state index in [2.05, 4.69) is 23.1 Å². The molecular formula is C30H33FN2O2. The number of hydrogen-bond acceptors (Lipinski definition) is 3. The molecule has 1 atom stereocenters. The average Bonchev–Trinajstić information content (AvgIpc) is 2.89. The first-order chi connectivity index (χ1) is 17.1. The van der Waals surface area contributed by atoms with Crippen LogP contribution in [0.25, 0.3) is 0 Å². The minimum Gasteiger partial charge on any atom is -0.410 e. The van der Waals surface area contributed by atoms with Gasteiger partial charge in [-0.1, -0.05) is 54.6 Å². The molecule has 0 radical (unpaired) electrons. The van der Waals surface area contributed by atoms with Crippen LogP contribution in [0, 0.1) is 11.7 Å². The van der Waals surface area contributed by atoms with Crippen LogP contribution in [0.4, 0.5) is 9.18 Å². The monoisotopic (exact) mass is 472 g/mol. The highest BCUT2D eigenvalue weighted by Crippen LogP contribution is 2.28. The number of carbonyl (C=O) groups excluding carboxylic acids is 1. The van der Waals surface area contributed by atoms with Crippen molar-refractivity contribution in [2.45, 2.75) is 44.7 Å². The predicted molar refractivity (Wildman–Crippen MR) is 136 cm³/mol. The van der Waals surface area contributed by atoms with E-state index in [0.717, 1.165) is 51.7 Å². The summed E-state index contributed by atoms with van der Waals surface area (Å²) in [6.45, 7) is 3.71. The minimum atomic E-state index is -0.270. The molecule has 1 unspecified atom stereocenters. The van der Waals surface area contributed by atoms with Crippen LogP contribution < -0.4 is 4.74 Å². The Kier molecular flexibility index (Phi) is 7.43. The number of nitrogens with zero attached hydrogens (tertiary/aromatic N) is 2. The van der Waals surface area contributed by atoms with Crippen molar-refractivity contribution in [1.82, 2.24) is 9.80 Å². The van der Waals surface area contributed by atoms with Crippen molar-refractivity contribution >= 4 is 6.09 Å². The molecule has 5 rings (SSSR count). The van der Waals surface area contributed by atoms with E-state index < -0.39 is 0 Å². The third kappa shape index (κ3) is 6.09. The van der Waals surface area contributed by atoms with E-state index >= 15 is 0 Å². The highest BCUT2D eigenvalue weighted by atomic mass is 19.1. The van der Waals surface area contributed by atoms with Crippen LogP contribution in [0.5, 0.6) is 5.75 Å². The first-order valence-corrected chi connectivity index (χ1v) is 12.7. The number of likely N-dealkylation sites (tertiary alicyclic amines) is 1. The van der Waals surface area contributed by atoms with Crippen molar-refractivity contribution in [2.75, 3.05) is 19.6 Å². The third-order valence-electron chi connectivity index (χ3n) is 7.46. The molecule has 0 aliphatic carbocycles. The summed E-state index contributed by atoms with van der Waals surface area (Å²) in [6.07, 6.45) is 4.86. The third-order valence-corrected chi connectivity index (χ3v) is 7.46. The van der Waals surface area contributed by atoms with Crippen LogP contribution in [-0.2, 0) is 19.4 Å². The molecule has 35 heavy (non-hydrogen) atoms. The van der Waals surface area contributed by atoms with Gasteiger partial charge in [0.2, 0.25) is 0 Å². The van der Waals surface area contributed by atoms with Crippen LogP contribution in [0.15, 0.2) is 78.9 Å². The van der Waals surface area contributed by atoms with E-state index in [0.29, 0.717) is 18.2 Å². The predicted octanol–water partition coefficient (Wildman–Crippen LogP) is 6.10. The van der Waals surface area contributed by atoms with Crippen molar-refractivity contribution in [1.29, 1.82) is 0 Å². The molecule has 182 valence electrons. The zero-order valence-electron chi connectivity index (χ0n) is 20.1. The normalized spacial score (nSPS) is 18.8. The number of fused-ring (bicyclic) bond motifs is 1. The maximum atomic E-state index is 13.2. The van der Waals surface area contributed by atoms with E-state index in [-0.39, 0.29) is 18.0 Å². The number of para-hydroxylation sites is 1. The van der Waals surface area contributed by atoms with E-state index in [1.807, 2.05) is 53.4 Å². The van der Waals surface area contributed by atoms with Gasteiger partial charge in [0.1, 0.15) is 11.6 Å². The number of benzene rings is 3. The molecule has 0 bridgehead atoms. The SMILES string of the molecule is O=C(Oc1ccccc1)N1Cc2ccccc2CC1CCN1CCC(Cc2ccc(F)cc2)CC1. The fourth-order valence-electron chi connectivity index (χ4n) is 5.41. The average molecular weight is 473 g/mol. The zero-order chi connectivity index (χ0) is 24.0. The topological polar surface area (TPSA) is 32.8 Å². The van der Waals surface area contributed by atoms with Crippen molar-refractivity contribution in [3.8, 4) is 5.75 Å². The number of amides is 1. The van der Waals surface area contributed by atoms with Gasteiger partial charge in [0, 0.05) is 19.1 Å². The van der Waals surface area contributed by atoms with E-state index in [4.69, 9.17) is 4.74 Å². The molecule has 0 N–H and O–H groups in total. The van der Waals surface area contributed by atoms with Crippen LogP contribution >= 0.6 is 0 Å². The van der Waals surface area contributed by atoms with Crippen LogP contribution in [0.2, 0.25) is 0 Å². The Morgan fingerprint density at radius 1 is 0.886 bits per heavy atom. The summed E-state index contributed by atoms with van der Waals surface area (Å²) >= 11 is 0. The molecule has 4 nitrogen and oxygen atoms in total. The lowest BCUT2D eigenvalue weighted by molar-refractivity contribution is 0.107. The second kappa shape index (κ2) is 11.0. The van der Waals surface area contributed by atoms with Gasteiger partial charge in [0.25, 0.3) is 0 Å². The molecule has 0 saturated carbocycles. The van der Waals surface area contributed by atoms with Crippen LogP contribution in [0.1, 0.15) is 36.0 Å². The molecule has 5 heteroatoms. The molecule has 2 heterocycles. The minimum absolute atomic E-state index is 0.123. The standard InChI is InChI=1S/C30H33FN2O2/c31-27-12-10-23(11-13-27)20-24-14-17-32(18-15-24)19-16-28-21-25-6-4-5-7-26(25)22-33(28)30(34)35-29-8-2-1-3-9-29/h1-13,24,28H,14-22H2. The van der Waals surface area contributed by atoms with Gasteiger partial charge in [-0.3, -0.25) is 0 Å². The molecule has 2 aliphatic heterocycles. The highest BCUT2D eigenvalue weighted by molar-refractivity contribution is 5.71. The van der Waals surface area contributed by atoms with E-state index in [9.17, 15) is 9.18 Å². The number of piperidine rings is 1. The maximum Gasteiger partial charge on any atom is 0.415 e. The number of ether oxygens (including phenoxy) is 1. The van der Waals surface area contributed by atoms with Gasteiger partial charge in [-0.2, -0.15) is 0 Å². The van der Waals surface area contributed by atoms with Crippen LogP contribution in [0.3, 0.4) is 0 Å². The van der Waals surface area contributed by atoms with Crippen molar-refractivity contribution in [3.05, 3.63) is 101 Å². The summed E-state index contributed by atoms with van der Waals surface area (Å²) in [7, 11) is 0. The lowest BCUT2D eigenvalue weighted by Crippen LogP contribution is -2.47. The molecular weight excluding hydrogens is 439 g/mol. The fourth-order valence-corrected chi connectivity index (χ4v) is 5.41. The number of halogens is 1. The fraction of sp³-hybridized carbons (Fsp3) is 0.367. The van der Waals surface area contributed by atoms with E-state index in [1.165, 1.54) is 16.7 Å². The lowest BCUT2D eigenvalue weighted by atomic mass is 9.89. The summed E-state index contributed by atoms with van der Waals surface area (Å²) in [5.74, 6) is 1.06. The Labute approximate surface area is 207 Å². The molecule has 3 aromatic rings. The van der Waals surface area contributed by atoms with Gasteiger partial charge in [-0.05, 0) is 92.1 Å². The molecule has 3 aromatic carbocycles. The number of carbonyl (C=O) groups is 1. The smallest absolute Gasteiger partial charge is 0.410 e. The van der Waals surface area contributed by atoms with Crippen molar-refractivity contribution in [2.24, 2.45) is 5.92 Å². The Morgan fingerprint density at radius 2 is 1.57 bits per heavy atom. The molecule has 2 aliphatic rings. The Balaban J connectivity index is 1.17. The molecule has 0 aromatic heterocycles. The quantitative estimate of drug-likeness (QED) is 0.435. The second-order valence-corrected chi connectivity index (χ2v) is 9.84. The van der Waals surface area contributed by atoms with Gasteiger partial charge >= 0.3 is 6.09 Å². The van der Waals surface area contributed by atoms with E-state index in [1.54, 1.807) is 12.1 Å². The zero-order valence-corrected chi connectivity index (χ0v) is 20.1. The Hall–Kier alpha value is -3.18. The summed E-state index contributed by atoms with van der Waals surface area (Å²) in [6, 6.07) is 24.8. The Bertz CT molecular complexity index is 1110. The first-order valence-electron chi connectivity index (χ1n) is 12.7. The van der Waals surface area contributed by atoms with Crippen molar-refractivity contribution in [3.63, 3.8) is 0 Å². The maximum absolute atomic E-state index is 13.2. The number of hydrogen-bond donors (Lipinski definition) is 0. The highest BCUT2D eigenvalue weighted by Gasteiger charge is 2.31. The van der Waals surface area contributed by atoms with Gasteiger partial charge in [0.15, 0.2) is 0 Å². The molecule has 0 spiro atoms. The second-order valence-electron chi connectivity index (χ2n) is 9.84. The first kappa shape index (κ1) is 23.6. The number of rotatable bonds is 6. The summed E-state index contributed by atoms with van der Waals surface area (Å²) in [5.41, 5.74) is 3.76. The van der Waals surface area contributed by atoms with Gasteiger partial charge in [-0.15, -0.1) is 0 Å². The summed E-state index contributed by atoms with van der Waals surface area (Å²) < 4.78 is 18.9. The van der Waals surface area contributed by atoms with Gasteiger partial charge < -0.3 is 14.5 Å². The molecule has 1 fully saturated rings. The van der Waals surface area contributed by atoms with Gasteiger partial charge in [-0.25, -0.2) is 9.18 Å². The molecule has 1 saturated heterocycles. The largest absolute Gasteiger partial charge is 0.415 e. The summed E-state index contributed by atoms with van der Waals surface area (Å²) in [4.78, 5) is 17.6. The van der Waals surface area contributed by atoms with Crippen molar-refractivity contribution < 1.29 is 13.9 Å².